The SMILES string of the molecule is c1csc(CCC2CCC3CCCCN32)n1. The molecule has 0 spiro atoms. The summed E-state index contributed by atoms with van der Waals surface area (Å²) in [5.41, 5.74) is 0. The van der Waals surface area contributed by atoms with Crippen molar-refractivity contribution in [2.24, 2.45) is 0 Å². The van der Waals surface area contributed by atoms with Crippen molar-refractivity contribution in [3.05, 3.63) is 16.6 Å². The van der Waals surface area contributed by atoms with Gasteiger partial charge in [-0.2, -0.15) is 0 Å². The van der Waals surface area contributed by atoms with Gasteiger partial charge in [0.15, 0.2) is 0 Å². The first-order chi connectivity index (χ1) is 7.93. The maximum Gasteiger partial charge on any atom is 0.0925 e. The molecule has 2 fully saturated rings. The zero-order valence-corrected chi connectivity index (χ0v) is 10.6. The second-order valence-electron chi connectivity index (χ2n) is 5.08. The van der Waals surface area contributed by atoms with Crippen LogP contribution in [0, 0.1) is 0 Å². The van der Waals surface area contributed by atoms with E-state index >= 15 is 0 Å². The van der Waals surface area contributed by atoms with E-state index in [0.717, 1.165) is 12.1 Å². The number of fused-ring (bicyclic) bond motifs is 1. The molecule has 2 aliphatic rings. The van der Waals surface area contributed by atoms with E-state index in [1.807, 2.05) is 6.20 Å². The molecular weight excluding hydrogens is 216 g/mol. The minimum atomic E-state index is 0.856. The summed E-state index contributed by atoms with van der Waals surface area (Å²) in [6.45, 7) is 1.35. The Morgan fingerprint density at radius 1 is 1.31 bits per heavy atom. The minimum Gasteiger partial charge on any atom is -0.297 e. The molecule has 1 aromatic heterocycles. The molecule has 1 aromatic rings. The quantitative estimate of drug-likeness (QED) is 0.801. The fourth-order valence-electron chi connectivity index (χ4n) is 3.34. The Morgan fingerprint density at radius 3 is 3.19 bits per heavy atom. The molecule has 0 saturated carbocycles. The number of piperidine rings is 1. The van der Waals surface area contributed by atoms with Crippen LogP contribution in [0.4, 0.5) is 0 Å². The van der Waals surface area contributed by atoms with Gasteiger partial charge in [-0.1, -0.05) is 6.42 Å². The molecule has 0 radical (unpaired) electrons. The monoisotopic (exact) mass is 236 g/mol. The van der Waals surface area contributed by atoms with Crippen LogP contribution in [0.2, 0.25) is 0 Å². The van der Waals surface area contributed by atoms with Crippen molar-refractivity contribution in [1.29, 1.82) is 0 Å². The Labute approximate surface area is 102 Å². The molecule has 2 saturated heterocycles. The highest BCUT2D eigenvalue weighted by atomic mass is 32.1. The molecule has 2 unspecified atom stereocenters. The third-order valence-electron chi connectivity index (χ3n) is 4.15. The molecule has 3 heteroatoms. The molecule has 0 aliphatic carbocycles. The van der Waals surface area contributed by atoms with Gasteiger partial charge < -0.3 is 0 Å². The maximum absolute atomic E-state index is 4.38. The minimum absolute atomic E-state index is 0.856. The number of aryl methyl sites for hydroxylation is 1. The molecule has 2 nitrogen and oxygen atoms in total. The Hall–Kier alpha value is -0.410. The predicted molar refractivity (Wildman–Crippen MR) is 67.8 cm³/mol. The highest BCUT2D eigenvalue weighted by molar-refractivity contribution is 7.09. The lowest BCUT2D eigenvalue weighted by molar-refractivity contribution is 0.144. The predicted octanol–water partition coefficient (Wildman–Crippen LogP) is 3.09. The Kier molecular flexibility index (Phi) is 3.25. The first-order valence-corrected chi connectivity index (χ1v) is 7.45. The highest BCUT2D eigenvalue weighted by Gasteiger charge is 2.34. The molecule has 0 aromatic carbocycles. The number of thiazole rings is 1. The fraction of sp³-hybridized carbons (Fsp3) is 0.769. The summed E-state index contributed by atoms with van der Waals surface area (Å²) < 4.78 is 0. The standard InChI is InChI=1S/C13H20N2S/c1-2-9-15-11(3-1)4-5-12(15)6-7-13-14-8-10-16-13/h8,10-12H,1-7,9H2. The van der Waals surface area contributed by atoms with Crippen molar-refractivity contribution in [2.75, 3.05) is 6.54 Å². The van der Waals surface area contributed by atoms with Crippen molar-refractivity contribution in [3.63, 3.8) is 0 Å². The summed E-state index contributed by atoms with van der Waals surface area (Å²) in [7, 11) is 0. The van der Waals surface area contributed by atoms with E-state index in [1.165, 1.54) is 56.5 Å². The zero-order valence-electron chi connectivity index (χ0n) is 9.77. The van der Waals surface area contributed by atoms with E-state index in [4.69, 9.17) is 0 Å². The summed E-state index contributed by atoms with van der Waals surface area (Å²) in [6, 6.07) is 1.78. The highest BCUT2D eigenvalue weighted by Crippen LogP contribution is 2.33. The molecule has 0 bridgehead atoms. The Morgan fingerprint density at radius 2 is 2.31 bits per heavy atom. The molecule has 16 heavy (non-hydrogen) atoms. The molecule has 2 aliphatic heterocycles. The number of rotatable bonds is 3. The average molecular weight is 236 g/mol. The summed E-state index contributed by atoms with van der Waals surface area (Å²) in [5.74, 6) is 0. The van der Waals surface area contributed by atoms with Gasteiger partial charge in [-0.25, -0.2) is 4.98 Å². The van der Waals surface area contributed by atoms with Crippen molar-refractivity contribution in [1.82, 2.24) is 9.88 Å². The van der Waals surface area contributed by atoms with E-state index in [2.05, 4.69) is 15.3 Å². The van der Waals surface area contributed by atoms with Gasteiger partial charge in [0.1, 0.15) is 0 Å². The first kappa shape index (κ1) is 10.7. The number of hydrogen-bond acceptors (Lipinski definition) is 3. The van der Waals surface area contributed by atoms with Crippen molar-refractivity contribution >= 4 is 11.3 Å². The third kappa shape index (κ3) is 2.16. The van der Waals surface area contributed by atoms with Crippen LogP contribution in [0.25, 0.3) is 0 Å². The number of hydrogen-bond donors (Lipinski definition) is 0. The van der Waals surface area contributed by atoms with Gasteiger partial charge in [-0.3, -0.25) is 4.90 Å². The second kappa shape index (κ2) is 4.84. The largest absolute Gasteiger partial charge is 0.297 e. The molecule has 0 amide bonds. The average Bonchev–Trinajstić information content (AvgIpc) is 2.96. The normalized spacial score (nSPS) is 30.5. The lowest BCUT2D eigenvalue weighted by Gasteiger charge is -2.34. The van der Waals surface area contributed by atoms with Crippen LogP contribution in [-0.4, -0.2) is 28.5 Å². The summed E-state index contributed by atoms with van der Waals surface area (Å²) in [4.78, 5) is 7.17. The number of aromatic nitrogens is 1. The molecule has 3 rings (SSSR count). The Bertz CT molecular complexity index is 323. The number of nitrogens with zero attached hydrogens (tertiary/aromatic N) is 2. The van der Waals surface area contributed by atoms with Gasteiger partial charge in [-0.05, 0) is 38.6 Å². The van der Waals surface area contributed by atoms with Crippen LogP contribution in [0.5, 0.6) is 0 Å². The summed E-state index contributed by atoms with van der Waals surface area (Å²) in [5, 5.41) is 3.41. The van der Waals surface area contributed by atoms with Gasteiger partial charge >= 0.3 is 0 Å². The van der Waals surface area contributed by atoms with Crippen LogP contribution < -0.4 is 0 Å². The molecule has 2 atom stereocenters. The molecule has 0 N–H and O–H groups in total. The third-order valence-corrected chi connectivity index (χ3v) is 4.99. The van der Waals surface area contributed by atoms with Crippen LogP contribution in [-0.2, 0) is 6.42 Å². The first-order valence-electron chi connectivity index (χ1n) is 6.57. The summed E-state index contributed by atoms with van der Waals surface area (Å²) >= 11 is 1.81. The van der Waals surface area contributed by atoms with Gasteiger partial charge in [0, 0.05) is 30.1 Å². The van der Waals surface area contributed by atoms with Crippen molar-refractivity contribution in [3.8, 4) is 0 Å². The van der Waals surface area contributed by atoms with Crippen molar-refractivity contribution < 1.29 is 0 Å². The van der Waals surface area contributed by atoms with Crippen molar-refractivity contribution in [2.45, 2.75) is 57.0 Å². The second-order valence-corrected chi connectivity index (χ2v) is 6.06. The summed E-state index contributed by atoms with van der Waals surface area (Å²) in [6.07, 6.45) is 11.6. The lowest BCUT2D eigenvalue weighted by Crippen LogP contribution is -2.39. The molecule has 3 heterocycles. The zero-order chi connectivity index (χ0) is 10.8. The van der Waals surface area contributed by atoms with Crippen LogP contribution >= 0.6 is 11.3 Å². The van der Waals surface area contributed by atoms with Crippen LogP contribution in [0.15, 0.2) is 11.6 Å². The fourth-order valence-corrected chi connectivity index (χ4v) is 3.98. The van der Waals surface area contributed by atoms with E-state index in [1.54, 1.807) is 11.3 Å². The van der Waals surface area contributed by atoms with E-state index < -0.39 is 0 Å². The van der Waals surface area contributed by atoms with E-state index in [-0.39, 0.29) is 0 Å². The Balaban J connectivity index is 1.55. The van der Waals surface area contributed by atoms with Gasteiger partial charge in [0.05, 0.1) is 5.01 Å². The van der Waals surface area contributed by atoms with Crippen LogP contribution in [0.1, 0.15) is 43.5 Å². The van der Waals surface area contributed by atoms with Gasteiger partial charge in [-0.15, -0.1) is 11.3 Å². The maximum atomic E-state index is 4.38. The van der Waals surface area contributed by atoms with E-state index in [0.29, 0.717) is 0 Å². The van der Waals surface area contributed by atoms with Gasteiger partial charge in [0.2, 0.25) is 0 Å². The van der Waals surface area contributed by atoms with E-state index in [9.17, 15) is 0 Å². The smallest absolute Gasteiger partial charge is 0.0925 e. The topological polar surface area (TPSA) is 16.1 Å². The lowest BCUT2D eigenvalue weighted by atomic mass is 10.0. The molecule has 88 valence electrons. The van der Waals surface area contributed by atoms with Gasteiger partial charge in [0.25, 0.3) is 0 Å². The molecular formula is C13H20N2S. The van der Waals surface area contributed by atoms with Crippen LogP contribution in [0.3, 0.4) is 0 Å².